The van der Waals surface area contributed by atoms with Gasteiger partial charge in [-0.15, -0.1) is 0 Å². The first-order chi connectivity index (χ1) is 12.1. The summed E-state index contributed by atoms with van der Waals surface area (Å²) in [7, 11) is 2.17. The fraction of sp³-hybridized carbons (Fsp3) is 0.571. The van der Waals surface area contributed by atoms with Gasteiger partial charge in [-0.25, -0.2) is 0 Å². The number of likely N-dealkylation sites (N-methyl/N-ethyl adjacent to an activating group) is 1. The molecule has 1 aromatic carbocycles. The van der Waals surface area contributed by atoms with Crippen LogP contribution in [0.1, 0.15) is 36.8 Å². The van der Waals surface area contributed by atoms with Crippen LogP contribution in [-0.2, 0) is 4.79 Å². The Balaban J connectivity index is 1.63. The van der Waals surface area contributed by atoms with Crippen molar-refractivity contribution in [1.82, 2.24) is 9.80 Å². The zero-order valence-corrected chi connectivity index (χ0v) is 15.6. The highest BCUT2D eigenvalue weighted by molar-refractivity contribution is 6.00. The van der Waals surface area contributed by atoms with Gasteiger partial charge in [0.05, 0.1) is 0 Å². The molecule has 0 aromatic heterocycles. The summed E-state index contributed by atoms with van der Waals surface area (Å²) in [5.41, 5.74) is 3.20. The third kappa shape index (κ3) is 5.16. The van der Waals surface area contributed by atoms with Gasteiger partial charge in [0.15, 0.2) is 5.78 Å². The molecule has 0 N–H and O–H groups in total. The maximum atomic E-state index is 12.1. The van der Waals surface area contributed by atoms with E-state index in [1.807, 2.05) is 6.07 Å². The van der Waals surface area contributed by atoms with Gasteiger partial charge < -0.3 is 9.64 Å². The van der Waals surface area contributed by atoms with Crippen LogP contribution in [0.15, 0.2) is 23.8 Å². The number of Topliss-reactive ketones (excluding diaryl/α,β-unsaturated/α-hetero) is 1. The molecule has 0 spiro atoms. The quantitative estimate of drug-likeness (QED) is 0.770. The average molecular weight is 342 g/mol. The number of piperazine rings is 1. The minimum atomic E-state index is 0.302. The van der Waals surface area contributed by atoms with Gasteiger partial charge in [0.25, 0.3) is 0 Å². The zero-order valence-electron chi connectivity index (χ0n) is 15.6. The Hall–Kier alpha value is -1.65. The highest BCUT2D eigenvalue weighted by atomic mass is 16.5. The van der Waals surface area contributed by atoms with E-state index in [2.05, 4.69) is 42.0 Å². The van der Waals surface area contributed by atoms with Crippen molar-refractivity contribution in [3.05, 3.63) is 34.9 Å². The Morgan fingerprint density at radius 3 is 2.64 bits per heavy atom. The van der Waals surface area contributed by atoms with E-state index in [1.54, 1.807) is 0 Å². The smallest absolute Gasteiger partial charge is 0.158 e. The number of aryl methyl sites for hydroxylation is 1. The number of carbonyl (C=O) groups is 1. The molecular weight excluding hydrogens is 312 g/mol. The molecule has 3 rings (SSSR count). The summed E-state index contributed by atoms with van der Waals surface area (Å²) in [6.45, 7) is 8.21. The van der Waals surface area contributed by atoms with E-state index in [1.165, 1.54) is 5.56 Å². The predicted octanol–water partition coefficient (Wildman–Crippen LogP) is 3.15. The minimum Gasteiger partial charge on any atom is -0.492 e. The second-order valence-corrected chi connectivity index (χ2v) is 7.33. The number of ether oxygens (including phenoxy) is 1. The van der Waals surface area contributed by atoms with Crippen LogP contribution in [0.25, 0.3) is 6.08 Å². The van der Waals surface area contributed by atoms with Crippen molar-refractivity contribution in [2.75, 3.05) is 46.4 Å². The molecule has 0 unspecified atom stereocenters. The van der Waals surface area contributed by atoms with Crippen molar-refractivity contribution in [2.45, 2.75) is 32.6 Å². The third-order valence-electron chi connectivity index (χ3n) is 5.21. The van der Waals surface area contributed by atoms with Gasteiger partial charge in [-0.3, -0.25) is 9.69 Å². The molecule has 25 heavy (non-hydrogen) atoms. The molecule has 1 aliphatic carbocycles. The lowest BCUT2D eigenvalue weighted by atomic mass is 9.92. The maximum Gasteiger partial charge on any atom is 0.158 e. The molecule has 0 atom stereocenters. The van der Waals surface area contributed by atoms with Gasteiger partial charge in [-0.1, -0.05) is 11.6 Å². The largest absolute Gasteiger partial charge is 0.492 e. The molecule has 136 valence electrons. The highest BCUT2D eigenvalue weighted by Gasteiger charge is 2.16. The Morgan fingerprint density at radius 2 is 1.88 bits per heavy atom. The van der Waals surface area contributed by atoms with Crippen molar-refractivity contribution in [1.29, 1.82) is 0 Å². The molecular formula is C21H30N2O2. The topological polar surface area (TPSA) is 32.8 Å². The van der Waals surface area contributed by atoms with Gasteiger partial charge in [0.1, 0.15) is 12.4 Å². The number of allylic oxidation sites excluding steroid dienone is 1. The van der Waals surface area contributed by atoms with Crippen molar-refractivity contribution in [3.63, 3.8) is 0 Å². The van der Waals surface area contributed by atoms with Crippen molar-refractivity contribution < 1.29 is 9.53 Å². The second kappa shape index (κ2) is 8.63. The van der Waals surface area contributed by atoms with Crippen molar-refractivity contribution >= 4 is 11.9 Å². The fourth-order valence-electron chi connectivity index (χ4n) is 3.51. The Labute approximate surface area is 151 Å². The number of carbonyl (C=O) groups excluding carboxylic acids is 1. The van der Waals surface area contributed by atoms with E-state index >= 15 is 0 Å². The maximum absolute atomic E-state index is 12.1. The van der Waals surface area contributed by atoms with E-state index in [-0.39, 0.29) is 0 Å². The molecule has 0 radical (unpaired) electrons. The summed E-state index contributed by atoms with van der Waals surface area (Å²) in [4.78, 5) is 16.9. The summed E-state index contributed by atoms with van der Waals surface area (Å²) in [6, 6.07) is 6.25. The number of benzene rings is 1. The zero-order chi connectivity index (χ0) is 17.6. The monoisotopic (exact) mass is 342 g/mol. The van der Waals surface area contributed by atoms with Gasteiger partial charge in [0.2, 0.25) is 0 Å². The molecule has 1 heterocycles. The first-order valence-corrected chi connectivity index (χ1v) is 9.50. The normalized spacial score (nSPS) is 21.7. The molecule has 0 bridgehead atoms. The number of rotatable bonds is 5. The predicted molar refractivity (Wildman–Crippen MR) is 102 cm³/mol. The first kappa shape index (κ1) is 18.2. The lowest BCUT2D eigenvalue weighted by Gasteiger charge is -2.32. The van der Waals surface area contributed by atoms with E-state index in [0.717, 1.165) is 68.9 Å². The SMILES string of the molecule is Cc1ccc(OCCN2CCN(C)CC2)c(/C=C2\CCCCC2=O)c1. The number of hydrogen-bond acceptors (Lipinski definition) is 4. The van der Waals surface area contributed by atoms with E-state index in [4.69, 9.17) is 4.74 Å². The van der Waals surface area contributed by atoms with Gasteiger partial charge in [0, 0.05) is 44.7 Å². The molecule has 1 aromatic rings. The molecule has 2 aliphatic rings. The molecule has 0 amide bonds. The molecule has 4 heteroatoms. The summed E-state index contributed by atoms with van der Waals surface area (Å²) in [6.07, 6.45) is 5.78. The van der Waals surface area contributed by atoms with Gasteiger partial charge in [-0.2, -0.15) is 0 Å². The van der Waals surface area contributed by atoms with Crippen LogP contribution >= 0.6 is 0 Å². The first-order valence-electron chi connectivity index (χ1n) is 9.50. The number of ketones is 1. The van der Waals surface area contributed by atoms with Crippen LogP contribution < -0.4 is 4.74 Å². The van der Waals surface area contributed by atoms with Crippen LogP contribution in [0.4, 0.5) is 0 Å². The summed E-state index contributed by atoms with van der Waals surface area (Å²) >= 11 is 0. The van der Waals surface area contributed by atoms with E-state index in [9.17, 15) is 4.79 Å². The Bertz CT molecular complexity index is 631. The van der Waals surface area contributed by atoms with Crippen LogP contribution in [0.5, 0.6) is 5.75 Å². The molecule has 4 nitrogen and oxygen atoms in total. The van der Waals surface area contributed by atoms with E-state index < -0.39 is 0 Å². The van der Waals surface area contributed by atoms with E-state index in [0.29, 0.717) is 18.8 Å². The standard InChI is InChI=1S/C21H30N2O2/c1-17-7-8-21(25-14-13-23-11-9-22(2)10-12-23)19(15-17)16-18-5-3-4-6-20(18)24/h7-8,15-16H,3-6,9-14H2,1-2H3/b18-16+. The van der Waals surface area contributed by atoms with Crippen LogP contribution in [-0.4, -0.2) is 62.0 Å². The van der Waals surface area contributed by atoms with Crippen LogP contribution in [0, 0.1) is 6.92 Å². The lowest BCUT2D eigenvalue weighted by Crippen LogP contribution is -2.45. The fourth-order valence-corrected chi connectivity index (χ4v) is 3.51. The van der Waals surface area contributed by atoms with Gasteiger partial charge >= 0.3 is 0 Å². The Morgan fingerprint density at radius 1 is 1.12 bits per heavy atom. The molecule has 1 aliphatic heterocycles. The second-order valence-electron chi connectivity index (χ2n) is 7.33. The number of hydrogen-bond donors (Lipinski definition) is 0. The molecule has 2 fully saturated rings. The third-order valence-corrected chi connectivity index (χ3v) is 5.21. The van der Waals surface area contributed by atoms with Crippen LogP contribution in [0.2, 0.25) is 0 Å². The summed E-state index contributed by atoms with van der Waals surface area (Å²) < 4.78 is 6.09. The molecule has 1 saturated heterocycles. The highest BCUT2D eigenvalue weighted by Crippen LogP contribution is 2.27. The van der Waals surface area contributed by atoms with Gasteiger partial charge in [-0.05, 0) is 57.0 Å². The molecule has 1 saturated carbocycles. The number of nitrogens with zero attached hydrogens (tertiary/aromatic N) is 2. The van der Waals surface area contributed by atoms with Crippen molar-refractivity contribution in [2.24, 2.45) is 0 Å². The minimum absolute atomic E-state index is 0.302. The summed E-state index contributed by atoms with van der Waals surface area (Å²) in [5, 5.41) is 0. The average Bonchev–Trinajstić information content (AvgIpc) is 2.60. The Kier molecular flexibility index (Phi) is 6.27. The summed E-state index contributed by atoms with van der Waals surface area (Å²) in [5.74, 6) is 1.20. The van der Waals surface area contributed by atoms with Crippen molar-refractivity contribution in [3.8, 4) is 5.75 Å². The lowest BCUT2D eigenvalue weighted by molar-refractivity contribution is -0.116. The van der Waals surface area contributed by atoms with Crippen LogP contribution in [0.3, 0.4) is 0 Å².